The van der Waals surface area contributed by atoms with Crippen LogP contribution in [-0.4, -0.2) is 15.7 Å². The van der Waals surface area contributed by atoms with Gasteiger partial charge in [0.15, 0.2) is 5.69 Å². The van der Waals surface area contributed by atoms with Gasteiger partial charge in [0, 0.05) is 17.5 Å². The van der Waals surface area contributed by atoms with Gasteiger partial charge < -0.3 is 5.32 Å². The Hall–Kier alpha value is -2.40. The number of nitrogens with one attached hydrogen (secondary N) is 1. The van der Waals surface area contributed by atoms with Crippen LogP contribution in [0.2, 0.25) is 0 Å². The van der Waals surface area contributed by atoms with E-state index in [-0.39, 0.29) is 11.9 Å². The number of carbonyl (C=O) groups is 1. The van der Waals surface area contributed by atoms with E-state index in [1.165, 1.54) is 11.1 Å². The van der Waals surface area contributed by atoms with Gasteiger partial charge in [0.1, 0.15) is 0 Å². The molecular formula is C20H21N3OS. The fourth-order valence-corrected chi connectivity index (χ4v) is 4.20. The summed E-state index contributed by atoms with van der Waals surface area (Å²) in [4.78, 5) is 12.8. The molecule has 3 aromatic rings. The van der Waals surface area contributed by atoms with Crippen LogP contribution in [0.15, 0.2) is 47.2 Å². The SMILES string of the molecule is CCn1nc(C(=O)NC2CCCc3ccccc32)cc1-c1ccsc1. The summed E-state index contributed by atoms with van der Waals surface area (Å²) in [5, 5.41) is 11.8. The maximum atomic E-state index is 12.8. The number of hydrogen-bond donors (Lipinski definition) is 1. The van der Waals surface area contributed by atoms with Crippen LogP contribution in [0.1, 0.15) is 47.4 Å². The topological polar surface area (TPSA) is 46.9 Å². The highest BCUT2D eigenvalue weighted by molar-refractivity contribution is 7.08. The maximum absolute atomic E-state index is 12.8. The summed E-state index contributed by atoms with van der Waals surface area (Å²) in [7, 11) is 0. The molecule has 128 valence electrons. The van der Waals surface area contributed by atoms with Crippen LogP contribution in [-0.2, 0) is 13.0 Å². The molecular weight excluding hydrogens is 330 g/mol. The summed E-state index contributed by atoms with van der Waals surface area (Å²) >= 11 is 1.65. The van der Waals surface area contributed by atoms with Gasteiger partial charge in [-0.3, -0.25) is 9.48 Å². The van der Waals surface area contributed by atoms with Crippen molar-refractivity contribution in [3.05, 3.63) is 64.0 Å². The molecule has 1 unspecified atom stereocenters. The Kier molecular flexibility index (Phi) is 4.40. The van der Waals surface area contributed by atoms with Crippen LogP contribution in [0.5, 0.6) is 0 Å². The first-order valence-corrected chi connectivity index (χ1v) is 9.69. The molecule has 1 atom stereocenters. The van der Waals surface area contributed by atoms with Gasteiger partial charge in [-0.15, -0.1) is 0 Å². The van der Waals surface area contributed by atoms with Gasteiger partial charge in [0.2, 0.25) is 0 Å². The van der Waals surface area contributed by atoms with Crippen LogP contribution >= 0.6 is 11.3 Å². The quantitative estimate of drug-likeness (QED) is 0.755. The number of amides is 1. The Morgan fingerprint density at radius 3 is 3.04 bits per heavy atom. The van der Waals surface area contributed by atoms with E-state index < -0.39 is 0 Å². The monoisotopic (exact) mass is 351 g/mol. The number of hydrogen-bond acceptors (Lipinski definition) is 3. The molecule has 1 amide bonds. The average Bonchev–Trinajstić information content (AvgIpc) is 3.31. The number of thiophene rings is 1. The lowest BCUT2D eigenvalue weighted by Gasteiger charge is -2.26. The molecule has 0 saturated heterocycles. The van der Waals surface area contributed by atoms with Gasteiger partial charge in [0.25, 0.3) is 5.91 Å². The first-order valence-electron chi connectivity index (χ1n) is 8.75. The minimum absolute atomic E-state index is 0.0776. The van der Waals surface area contributed by atoms with Crippen molar-refractivity contribution in [2.75, 3.05) is 0 Å². The van der Waals surface area contributed by atoms with E-state index in [4.69, 9.17) is 0 Å². The second-order valence-electron chi connectivity index (χ2n) is 6.36. The smallest absolute Gasteiger partial charge is 0.272 e. The molecule has 0 fully saturated rings. The molecule has 25 heavy (non-hydrogen) atoms. The summed E-state index contributed by atoms with van der Waals surface area (Å²) < 4.78 is 1.89. The van der Waals surface area contributed by atoms with Crippen molar-refractivity contribution in [3.63, 3.8) is 0 Å². The van der Waals surface area contributed by atoms with E-state index in [9.17, 15) is 4.79 Å². The highest BCUT2D eigenvalue weighted by Gasteiger charge is 2.23. The third kappa shape index (κ3) is 3.12. The van der Waals surface area contributed by atoms with Crippen molar-refractivity contribution in [1.29, 1.82) is 0 Å². The molecule has 1 aliphatic carbocycles. The van der Waals surface area contributed by atoms with Crippen molar-refractivity contribution < 1.29 is 4.79 Å². The number of carbonyl (C=O) groups excluding carboxylic acids is 1. The predicted octanol–water partition coefficient (Wildman–Crippen LogP) is 4.44. The van der Waals surface area contributed by atoms with E-state index in [1.807, 2.05) is 29.1 Å². The lowest BCUT2D eigenvalue weighted by Crippen LogP contribution is -2.31. The van der Waals surface area contributed by atoms with Crippen molar-refractivity contribution in [1.82, 2.24) is 15.1 Å². The number of nitrogens with zero attached hydrogens (tertiary/aromatic N) is 2. The maximum Gasteiger partial charge on any atom is 0.272 e. The number of aryl methyl sites for hydroxylation is 2. The summed E-state index contributed by atoms with van der Waals surface area (Å²) in [5.74, 6) is -0.0922. The molecule has 4 nitrogen and oxygen atoms in total. The highest BCUT2D eigenvalue weighted by atomic mass is 32.1. The first-order chi connectivity index (χ1) is 12.3. The van der Waals surface area contributed by atoms with Gasteiger partial charge >= 0.3 is 0 Å². The van der Waals surface area contributed by atoms with Gasteiger partial charge in [-0.25, -0.2) is 0 Å². The third-order valence-electron chi connectivity index (χ3n) is 4.80. The molecule has 1 N–H and O–H groups in total. The standard InChI is InChI=1S/C20H21N3OS/c1-2-23-19(15-10-11-25-13-15)12-18(22-23)20(24)21-17-9-5-7-14-6-3-4-8-16(14)17/h3-4,6,8,10-13,17H,2,5,7,9H2,1H3,(H,21,24). The number of benzene rings is 1. The van der Waals surface area contributed by atoms with Crippen molar-refractivity contribution in [2.45, 2.75) is 38.8 Å². The molecule has 0 aliphatic heterocycles. The summed E-state index contributed by atoms with van der Waals surface area (Å²) in [6, 6.07) is 12.4. The third-order valence-corrected chi connectivity index (χ3v) is 5.49. The number of fused-ring (bicyclic) bond motifs is 1. The summed E-state index contributed by atoms with van der Waals surface area (Å²) in [5.41, 5.74) is 5.19. The predicted molar refractivity (Wildman–Crippen MR) is 101 cm³/mol. The molecule has 0 spiro atoms. The van der Waals surface area contributed by atoms with E-state index in [1.54, 1.807) is 11.3 Å². The molecule has 1 aliphatic rings. The number of aromatic nitrogens is 2. The fraction of sp³-hybridized carbons (Fsp3) is 0.300. The second kappa shape index (κ2) is 6.84. The van der Waals surface area contributed by atoms with Crippen LogP contribution in [0.3, 0.4) is 0 Å². The van der Waals surface area contributed by atoms with Crippen LogP contribution in [0, 0.1) is 0 Å². The van der Waals surface area contributed by atoms with E-state index >= 15 is 0 Å². The fourth-order valence-electron chi connectivity index (χ4n) is 3.55. The van der Waals surface area contributed by atoms with E-state index in [0.29, 0.717) is 5.69 Å². The first kappa shape index (κ1) is 16.1. The van der Waals surface area contributed by atoms with Gasteiger partial charge in [-0.2, -0.15) is 16.4 Å². The normalized spacial score (nSPS) is 16.4. The zero-order chi connectivity index (χ0) is 17.2. The van der Waals surface area contributed by atoms with Crippen LogP contribution < -0.4 is 5.32 Å². The molecule has 5 heteroatoms. The second-order valence-corrected chi connectivity index (χ2v) is 7.14. The molecule has 0 radical (unpaired) electrons. The number of rotatable bonds is 4. The summed E-state index contributed by atoms with van der Waals surface area (Å²) in [6.45, 7) is 2.78. The average molecular weight is 351 g/mol. The van der Waals surface area contributed by atoms with Crippen molar-refractivity contribution >= 4 is 17.2 Å². The van der Waals surface area contributed by atoms with E-state index in [2.05, 4.69) is 40.1 Å². The Morgan fingerprint density at radius 1 is 1.36 bits per heavy atom. The zero-order valence-electron chi connectivity index (χ0n) is 14.2. The lowest BCUT2D eigenvalue weighted by atomic mass is 9.87. The van der Waals surface area contributed by atoms with Crippen LogP contribution in [0.4, 0.5) is 0 Å². The van der Waals surface area contributed by atoms with Crippen molar-refractivity contribution in [3.8, 4) is 11.3 Å². The Bertz CT molecular complexity index is 882. The largest absolute Gasteiger partial charge is 0.344 e. The van der Waals surface area contributed by atoms with Crippen molar-refractivity contribution in [2.24, 2.45) is 0 Å². The molecule has 2 aromatic heterocycles. The Morgan fingerprint density at radius 2 is 2.24 bits per heavy atom. The van der Waals surface area contributed by atoms with Gasteiger partial charge in [-0.05, 0) is 54.8 Å². The molecule has 0 saturated carbocycles. The lowest BCUT2D eigenvalue weighted by molar-refractivity contribution is 0.0927. The molecule has 1 aromatic carbocycles. The summed E-state index contributed by atoms with van der Waals surface area (Å²) in [6.07, 6.45) is 3.18. The van der Waals surface area contributed by atoms with Gasteiger partial charge in [0.05, 0.1) is 11.7 Å². The molecule has 2 heterocycles. The minimum atomic E-state index is -0.0922. The van der Waals surface area contributed by atoms with E-state index in [0.717, 1.165) is 37.1 Å². The van der Waals surface area contributed by atoms with Crippen LogP contribution in [0.25, 0.3) is 11.3 Å². The Balaban J connectivity index is 1.58. The minimum Gasteiger partial charge on any atom is -0.344 e. The molecule has 4 rings (SSSR count). The zero-order valence-corrected chi connectivity index (χ0v) is 15.1. The highest BCUT2D eigenvalue weighted by Crippen LogP contribution is 2.30. The molecule has 0 bridgehead atoms. The Labute approximate surface area is 151 Å². The van der Waals surface area contributed by atoms with Gasteiger partial charge in [-0.1, -0.05) is 24.3 Å².